The van der Waals surface area contributed by atoms with Gasteiger partial charge in [-0.1, -0.05) is 0 Å². The number of fused-ring (bicyclic) bond motifs is 2. The molecule has 1 saturated heterocycles. The first-order valence-electron chi connectivity index (χ1n) is 13.0. The van der Waals surface area contributed by atoms with Crippen LogP contribution < -0.4 is 15.4 Å². The molecule has 4 aromatic rings. The number of hydrogen-bond acceptors (Lipinski definition) is 9. The first-order chi connectivity index (χ1) is 19.8. The molecular weight excluding hydrogens is 538 g/mol. The molecule has 4 aromatic heterocycles. The van der Waals surface area contributed by atoms with Crippen LogP contribution in [0.25, 0.3) is 11.2 Å². The van der Waals surface area contributed by atoms with E-state index in [4.69, 9.17) is 9.47 Å². The minimum atomic E-state index is -2.95. The smallest absolute Gasteiger partial charge is 0.323 e. The summed E-state index contributed by atoms with van der Waals surface area (Å²) in [6.45, 7) is 1.48. The number of alkyl halides is 2. The lowest BCUT2D eigenvalue weighted by Crippen LogP contribution is -2.34. The van der Waals surface area contributed by atoms with Gasteiger partial charge >= 0.3 is 6.03 Å². The van der Waals surface area contributed by atoms with Gasteiger partial charge in [0.2, 0.25) is 5.95 Å². The van der Waals surface area contributed by atoms with Crippen molar-refractivity contribution < 1.29 is 23.0 Å². The Morgan fingerprint density at radius 3 is 2.85 bits per heavy atom. The van der Waals surface area contributed by atoms with Crippen molar-refractivity contribution in [3.05, 3.63) is 41.9 Å². The second-order valence-electron chi connectivity index (χ2n) is 9.85. The average molecular weight is 565 g/mol. The summed E-state index contributed by atoms with van der Waals surface area (Å²) in [7, 11) is 3.29. The summed E-state index contributed by atoms with van der Waals surface area (Å²) in [4.78, 5) is 27.2. The third-order valence-corrected chi connectivity index (χ3v) is 7.19. The average Bonchev–Trinajstić information content (AvgIpc) is 3.67. The molecule has 0 radical (unpaired) electrons. The maximum atomic E-state index is 14.3. The number of halogens is 2. The molecular formula is C26H26F2N10O3. The Kier molecular flexibility index (Phi) is 6.62. The highest BCUT2D eigenvalue weighted by molar-refractivity contribution is 5.89. The van der Waals surface area contributed by atoms with E-state index in [-0.39, 0.29) is 58.8 Å². The van der Waals surface area contributed by atoms with Crippen LogP contribution in [0.15, 0.2) is 30.6 Å². The fraction of sp³-hybridized carbons (Fsp3) is 0.385. The number of rotatable bonds is 6. The topological polar surface area (TPSA) is 148 Å². The number of nitrogens with one attached hydrogen (secondary N) is 2. The number of amides is 2. The van der Waals surface area contributed by atoms with Gasteiger partial charge in [-0.05, 0) is 18.9 Å². The lowest BCUT2D eigenvalue weighted by atomic mass is 10.1. The molecule has 6 rings (SSSR count). The molecule has 0 aliphatic carbocycles. The summed E-state index contributed by atoms with van der Waals surface area (Å²) in [5.74, 6) is -1.69. The SMILES string of the molecule is CO[C@@H]1CCN(C(=O)Nc2cc(Oc3cnc4nc(Nc5cc6n(n5)CCCC6(F)F)n(C)c4c3C#N)ccn2)C1. The number of carbonyl (C=O) groups is 1. The molecule has 0 aromatic carbocycles. The first-order valence-corrected chi connectivity index (χ1v) is 13.0. The third-order valence-electron chi connectivity index (χ3n) is 7.19. The largest absolute Gasteiger partial charge is 0.454 e. The molecule has 1 atom stereocenters. The Labute approximate surface area is 232 Å². The zero-order valence-electron chi connectivity index (χ0n) is 22.3. The molecule has 15 heteroatoms. The van der Waals surface area contributed by atoms with Crippen molar-refractivity contribution in [3.63, 3.8) is 0 Å². The first kappa shape index (κ1) is 26.4. The van der Waals surface area contributed by atoms with Crippen LogP contribution in [0.3, 0.4) is 0 Å². The van der Waals surface area contributed by atoms with Crippen LogP contribution in [0.5, 0.6) is 11.5 Å². The van der Waals surface area contributed by atoms with Crippen LogP contribution in [-0.4, -0.2) is 66.5 Å². The molecule has 212 valence electrons. The number of likely N-dealkylation sites (tertiary alicyclic amines) is 1. The summed E-state index contributed by atoms with van der Waals surface area (Å²) in [6, 6.07) is 6.29. The standard InChI is InChI=1S/C26H26F2N10O3/c1-36-22-17(12-29)18(41-15-4-7-30-20(10-15)33-25(39)37-9-5-16(14-37)40-2)13-31-23(22)34-24(36)32-21-11-19-26(27,28)6-3-8-38(19)35-21/h4,7,10-11,13,16H,3,5-6,8-9,14H2,1-2H3,(H,30,33,39)(H,31,32,34,35)/t16-/m1/s1. The number of anilines is 3. The summed E-state index contributed by atoms with van der Waals surface area (Å²) in [5, 5.41) is 20.0. The molecule has 41 heavy (non-hydrogen) atoms. The van der Waals surface area contributed by atoms with Crippen LogP contribution in [-0.2, 0) is 24.3 Å². The predicted octanol–water partition coefficient (Wildman–Crippen LogP) is 4.11. The van der Waals surface area contributed by atoms with Crippen molar-refractivity contribution in [2.75, 3.05) is 30.8 Å². The van der Waals surface area contributed by atoms with E-state index in [9.17, 15) is 18.8 Å². The van der Waals surface area contributed by atoms with Gasteiger partial charge in [0.25, 0.3) is 5.92 Å². The van der Waals surface area contributed by atoms with Gasteiger partial charge < -0.3 is 24.3 Å². The number of aromatic nitrogens is 6. The molecule has 6 heterocycles. The number of imidazole rings is 1. The maximum absolute atomic E-state index is 14.3. The van der Waals surface area contributed by atoms with Crippen molar-refractivity contribution >= 4 is 34.8 Å². The quantitative estimate of drug-likeness (QED) is 0.353. The van der Waals surface area contributed by atoms with E-state index >= 15 is 0 Å². The number of urea groups is 1. The molecule has 2 amide bonds. The van der Waals surface area contributed by atoms with E-state index in [1.807, 2.05) is 0 Å². The number of nitriles is 1. The molecule has 0 spiro atoms. The van der Waals surface area contributed by atoms with Crippen molar-refractivity contribution in [1.29, 1.82) is 5.26 Å². The Morgan fingerprint density at radius 2 is 2.10 bits per heavy atom. The summed E-state index contributed by atoms with van der Waals surface area (Å²) >= 11 is 0. The fourth-order valence-corrected chi connectivity index (χ4v) is 5.05. The Bertz CT molecular complexity index is 1680. The maximum Gasteiger partial charge on any atom is 0.323 e. The summed E-state index contributed by atoms with van der Waals surface area (Å²) in [5.41, 5.74) is 0.657. The minimum absolute atomic E-state index is 0.00725. The molecule has 1 fully saturated rings. The second-order valence-corrected chi connectivity index (χ2v) is 9.85. The van der Waals surface area contributed by atoms with Gasteiger partial charge in [-0.3, -0.25) is 10.00 Å². The van der Waals surface area contributed by atoms with Crippen LogP contribution >= 0.6 is 0 Å². The van der Waals surface area contributed by atoms with E-state index in [0.29, 0.717) is 37.3 Å². The van der Waals surface area contributed by atoms with Crippen molar-refractivity contribution in [2.24, 2.45) is 7.05 Å². The number of nitrogens with zero attached hydrogens (tertiary/aromatic N) is 8. The van der Waals surface area contributed by atoms with E-state index in [2.05, 4.69) is 36.8 Å². The fourth-order valence-electron chi connectivity index (χ4n) is 5.05. The number of hydrogen-bond donors (Lipinski definition) is 2. The lowest BCUT2D eigenvalue weighted by molar-refractivity contribution is -0.0364. The highest BCUT2D eigenvalue weighted by Gasteiger charge is 2.38. The Hall–Kier alpha value is -4.84. The van der Waals surface area contributed by atoms with E-state index in [1.165, 1.54) is 23.1 Å². The molecule has 0 bridgehead atoms. The molecule has 2 aliphatic heterocycles. The zero-order valence-corrected chi connectivity index (χ0v) is 22.3. The van der Waals surface area contributed by atoms with E-state index < -0.39 is 5.92 Å². The lowest BCUT2D eigenvalue weighted by Gasteiger charge is -2.22. The van der Waals surface area contributed by atoms with Gasteiger partial charge in [0.1, 0.15) is 34.4 Å². The normalized spacial score (nSPS) is 17.7. The van der Waals surface area contributed by atoms with Crippen molar-refractivity contribution in [1.82, 2.24) is 34.2 Å². The van der Waals surface area contributed by atoms with E-state index in [1.54, 1.807) is 35.8 Å². The third kappa shape index (κ3) is 4.97. The highest BCUT2D eigenvalue weighted by atomic mass is 19.3. The number of ether oxygens (including phenoxy) is 2. The van der Waals surface area contributed by atoms with Gasteiger partial charge in [0.15, 0.2) is 17.2 Å². The molecule has 0 unspecified atom stereocenters. The van der Waals surface area contributed by atoms with Crippen molar-refractivity contribution in [3.8, 4) is 17.6 Å². The molecule has 13 nitrogen and oxygen atoms in total. The van der Waals surface area contributed by atoms with Gasteiger partial charge in [-0.2, -0.15) is 24.1 Å². The Balaban J connectivity index is 1.23. The monoisotopic (exact) mass is 564 g/mol. The van der Waals surface area contributed by atoms with Crippen LogP contribution in [0.2, 0.25) is 0 Å². The number of aryl methyl sites for hydroxylation is 2. The Morgan fingerprint density at radius 1 is 1.24 bits per heavy atom. The van der Waals surface area contributed by atoms with Gasteiger partial charge in [0, 0.05) is 58.5 Å². The van der Waals surface area contributed by atoms with Crippen LogP contribution in [0, 0.1) is 11.3 Å². The van der Waals surface area contributed by atoms with Crippen molar-refractivity contribution in [2.45, 2.75) is 37.8 Å². The van der Waals surface area contributed by atoms with Gasteiger partial charge in [-0.25, -0.2) is 14.8 Å². The zero-order chi connectivity index (χ0) is 28.7. The highest BCUT2D eigenvalue weighted by Crippen LogP contribution is 2.38. The van der Waals surface area contributed by atoms with Crippen LogP contribution in [0.1, 0.15) is 30.5 Å². The van der Waals surface area contributed by atoms with Gasteiger partial charge in [0.05, 0.1) is 12.3 Å². The number of methoxy groups -OCH3 is 1. The van der Waals surface area contributed by atoms with Crippen LogP contribution in [0.4, 0.5) is 31.2 Å². The molecule has 2 N–H and O–H groups in total. The van der Waals surface area contributed by atoms with E-state index in [0.717, 1.165) is 6.42 Å². The number of carbonyl (C=O) groups excluding carboxylic acids is 1. The number of pyridine rings is 2. The summed E-state index contributed by atoms with van der Waals surface area (Å²) < 4.78 is 42.8. The minimum Gasteiger partial charge on any atom is -0.454 e. The summed E-state index contributed by atoms with van der Waals surface area (Å²) in [6.07, 6.45) is 3.74. The second kappa shape index (κ2) is 10.3. The molecule has 2 aliphatic rings. The molecule has 0 saturated carbocycles. The predicted molar refractivity (Wildman–Crippen MR) is 142 cm³/mol. The van der Waals surface area contributed by atoms with Gasteiger partial charge in [-0.15, -0.1) is 0 Å².